The number of benzene rings is 3. The zero-order valence-electron chi connectivity index (χ0n) is 21.2. The molecule has 40 heavy (non-hydrogen) atoms. The number of thioether (sulfide) groups is 1. The lowest BCUT2D eigenvalue weighted by Crippen LogP contribution is -2.27. The number of nitrogens with zero attached hydrogens (tertiary/aromatic N) is 1. The molecule has 0 radical (unpaired) electrons. The fourth-order valence-electron chi connectivity index (χ4n) is 3.69. The highest BCUT2D eigenvalue weighted by molar-refractivity contribution is 8.18. The minimum atomic E-state index is -0.455. The Morgan fingerprint density at radius 1 is 0.950 bits per heavy atom. The van der Waals surface area contributed by atoms with Gasteiger partial charge in [0, 0.05) is 10.7 Å². The maximum Gasteiger partial charge on any atom is 0.293 e. The van der Waals surface area contributed by atoms with Crippen LogP contribution in [-0.4, -0.2) is 35.2 Å². The Hall–Kier alpha value is -2.88. The van der Waals surface area contributed by atoms with Crippen LogP contribution in [0.2, 0.25) is 20.1 Å². The average molecular weight is 640 g/mol. The molecule has 3 amide bonds. The zero-order chi connectivity index (χ0) is 29.0. The number of hydrogen-bond donors (Lipinski definition) is 1. The highest BCUT2D eigenvalue weighted by atomic mass is 35.5. The fourth-order valence-corrected chi connectivity index (χ4v) is 5.30. The summed E-state index contributed by atoms with van der Waals surface area (Å²) >= 11 is 25.4. The van der Waals surface area contributed by atoms with E-state index in [1.54, 1.807) is 61.5 Å². The van der Waals surface area contributed by atoms with Gasteiger partial charge in [0.25, 0.3) is 17.1 Å². The molecular formula is C28H22Cl4N2O5S. The van der Waals surface area contributed by atoms with Crippen LogP contribution in [-0.2, 0) is 16.1 Å². The number of rotatable bonds is 9. The molecule has 1 fully saturated rings. The summed E-state index contributed by atoms with van der Waals surface area (Å²) in [6.07, 6.45) is 1.55. The van der Waals surface area contributed by atoms with Crippen LogP contribution in [0, 0.1) is 6.92 Å². The maximum atomic E-state index is 13.0. The molecule has 12 heteroatoms. The number of halogens is 4. The van der Waals surface area contributed by atoms with E-state index in [1.807, 2.05) is 6.92 Å². The summed E-state index contributed by atoms with van der Waals surface area (Å²) in [6, 6.07) is 13.3. The number of aryl methyl sites for hydroxylation is 1. The number of carbonyl (C=O) groups excluding carboxylic acids is 3. The van der Waals surface area contributed by atoms with Crippen molar-refractivity contribution in [1.29, 1.82) is 0 Å². The highest BCUT2D eigenvalue weighted by Crippen LogP contribution is 2.39. The molecule has 0 aliphatic carbocycles. The van der Waals surface area contributed by atoms with E-state index in [0.717, 1.165) is 22.2 Å². The molecular weight excluding hydrogens is 618 g/mol. The molecule has 4 rings (SSSR count). The Bertz CT molecular complexity index is 1530. The Kier molecular flexibility index (Phi) is 9.92. The molecule has 1 N–H and O–H groups in total. The van der Waals surface area contributed by atoms with Gasteiger partial charge >= 0.3 is 0 Å². The standard InChI is InChI=1S/C28H22Cl4N2O5S/c1-3-38-23-10-17(9-22(32)26(23)39-14-25(35)33-18-6-4-15(2)20(30)12-18)11-24-27(36)34(28(37)40-24)13-16-5-7-19(29)21(31)8-16/h4-12H,3,13-14H2,1-2H3,(H,33,35)/b24-11-. The summed E-state index contributed by atoms with van der Waals surface area (Å²) in [7, 11) is 0. The van der Waals surface area contributed by atoms with Crippen LogP contribution < -0.4 is 14.8 Å². The maximum absolute atomic E-state index is 13.0. The lowest BCUT2D eigenvalue weighted by Gasteiger charge is -2.15. The number of carbonyl (C=O) groups is 3. The van der Waals surface area contributed by atoms with Gasteiger partial charge in [-0.2, -0.15) is 0 Å². The molecule has 0 unspecified atom stereocenters. The van der Waals surface area contributed by atoms with Crippen molar-refractivity contribution in [3.8, 4) is 11.5 Å². The minimum absolute atomic E-state index is 0.0491. The molecule has 0 bridgehead atoms. The van der Waals surface area contributed by atoms with Gasteiger partial charge in [-0.15, -0.1) is 0 Å². The Labute approximate surface area is 255 Å². The van der Waals surface area contributed by atoms with Crippen molar-refractivity contribution in [1.82, 2.24) is 4.90 Å². The predicted octanol–water partition coefficient (Wildman–Crippen LogP) is 8.26. The quantitative estimate of drug-likeness (QED) is 0.237. The summed E-state index contributed by atoms with van der Waals surface area (Å²) in [6.45, 7) is 3.66. The third-order valence-electron chi connectivity index (χ3n) is 5.63. The molecule has 1 aliphatic heterocycles. The second-order valence-electron chi connectivity index (χ2n) is 8.58. The van der Waals surface area contributed by atoms with Crippen molar-refractivity contribution in [3.63, 3.8) is 0 Å². The Morgan fingerprint density at radius 2 is 1.73 bits per heavy atom. The summed E-state index contributed by atoms with van der Waals surface area (Å²) < 4.78 is 11.4. The topological polar surface area (TPSA) is 84.9 Å². The van der Waals surface area contributed by atoms with Gasteiger partial charge in [-0.05, 0) is 84.8 Å². The molecule has 0 saturated carbocycles. The molecule has 1 aliphatic rings. The number of nitrogens with one attached hydrogen (secondary N) is 1. The Morgan fingerprint density at radius 3 is 2.42 bits per heavy atom. The summed E-state index contributed by atoms with van der Waals surface area (Å²) in [5.74, 6) is -0.422. The van der Waals surface area contributed by atoms with E-state index < -0.39 is 17.1 Å². The van der Waals surface area contributed by atoms with Crippen LogP contribution in [0.5, 0.6) is 11.5 Å². The predicted molar refractivity (Wildman–Crippen MR) is 161 cm³/mol. The summed E-state index contributed by atoms with van der Waals surface area (Å²) in [5.41, 5.74) is 2.60. The van der Waals surface area contributed by atoms with Crippen LogP contribution in [0.1, 0.15) is 23.6 Å². The van der Waals surface area contributed by atoms with Crippen molar-refractivity contribution in [2.24, 2.45) is 0 Å². The van der Waals surface area contributed by atoms with Crippen molar-refractivity contribution in [2.45, 2.75) is 20.4 Å². The largest absolute Gasteiger partial charge is 0.490 e. The molecule has 1 heterocycles. The molecule has 208 valence electrons. The number of imide groups is 1. The third-order valence-corrected chi connectivity index (χ3v) is 7.97. The molecule has 7 nitrogen and oxygen atoms in total. The monoisotopic (exact) mass is 638 g/mol. The van der Waals surface area contributed by atoms with Crippen molar-refractivity contribution >= 4 is 87.0 Å². The van der Waals surface area contributed by atoms with Gasteiger partial charge in [0.2, 0.25) is 0 Å². The van der Waals surface area contributed by atoms with Crippen LogP contribution in [0.3, 0.4) is 0 Å². The van der Waals surface area contributed by atoms with Gasteiger partial charge in [0.1, 0.15) is 0 Å². The number of hydrogen-bond acceptors (Lipinski definition) is 6. The van der Waals surface area contributed by atoms with Crippen molar-refractivity contribution < 1.29 is 23.9 Å². The van der Waals surface area contributed by atoms with Crippen molar-refractivity contribution in [3.05, 3.63) is 90.2 Å². The second kappa shape index (κ2) is 13.2. The van der Waals surface area contributed by atoms with Crippen LogP contribution in [0.4, 0.5) is 10.5 Å². The van der Waals surface area contributed by atoms with E-state index in [1.165, 1.54) is 0 Å². The van der Waals surface area contributed by atoms with E-state index in [-0.39, 0.29) is 34.6 Å². The molecule has 0 aromatic heterocycles. The highest BCUT2D eigenvalue weighted by Gasteiger charge is 2.35. The summed E-state index contributed by atoms with van der Waals surface area (Å²) in [5, 5.41) is 3.71. The van der Waals surface area contributed by atoms with Gasteiger partial charge in [0.15, 0.2) is 18.1 Å². The molecule has 3 aromatic carbocycles. The zero-order valence-corrected chi connectivity index (χ0v) is 25.1. The first-order valence-corrected chi connectivity index (χ1v) is 14.2. The number of amides is 3. The minimum Gasteiger partial charge on any atom is -0.490 e. The van der Waals surface area contributed by atoms with E-state index in [0.29, 0.717) is 38.5 Å². The van der Waals surface area contributed by atoms with Crippen LogP contribution >= 0.6 is 58.2 Å². The van der Waals surface area contributed by atoms with E-state index in [2.05, 4.69) is 5.32 Å². The van der Waals surface area contributed by atoms with Crippen LogP contribution in [0.25, 0.3) is 6.08 Å². The van der Waals surface area contributed by atoms with Gasteiger partial charge in [-0.1, -0.05) is 58.5 Å². The summed E-state index contributed by atoms with van der Waals surface area (Å²) in [4.78, 5) is 39.4. The van der Waals surface area contributed by atoms with Crippen molar-refractivity contribution in [2.75, 3.05) is 18.5 Å². The normalized spacial score (nSPS) is 14.2. The molecule has 0 spiro atoms. The van der Waals surface area contributed by atoms with Gasteiger partial charge < -0.3 is 14.8 Å². The van der Waals surface area contributed by atoms with Gasteiger partial charge in [-0.25, -0.2) is 0 Å². The molecule has 0 atom stereocenters. The SMILES string of the molecule is CCOc1cc(/C=C2\SC(=O)N(Cc3ccc(Cl)c(Cl)c3)C2=O)cc(Cl)c1OCC(=O)Nc1ccc(C)c(Cl)c1. The first kappa shape index (κ1) is 30.1. The molecule has 1 saturated heterocycles. The van der Waals surface area contributed by atoms with Crippen LogP contribution in [0.15, 0.2) is 53.4 Å². The van der Waals surface area contributed by atoms with E-state index >= 15 is 0 Å². The number of ether oxygens (including phenoxy) is 2. The third kappa shape index (κ3) is 7.25. The molecule has 3 aromatic rings. The number of anilines is 1. The Balaban J connectivity index is 1.48. The van der Waals surface area contributed by atoms with Gasteiger partial charge in [0.05, 0.1) is 33.1 Å². The van der Waals surface area contributed by atoms with Gasteiger partial charge in [-0.3, -0.25) is 19.3 Å². The first-order valence-electron chi connectivity index (χ1n) is 11.9. The fraction of sp³-hybridized carbons (Fsp3) is 0.179. The smallest absolute Gasteiger partial charge is 0.293 e. The second-order valence-corrected chi connectivity index (χ2v) is 11.2. The first-order chi connectivity index (χ1) is 19.0. The van der Waals surface area contributed by atoms with E-state index in [9.17, 15) is 14.4 Å². The lowest BCUT2D eigenvalue weighted by molar-refractivity contribution is -0.123. The average Bonchev–Trinajstić information content (AvgIpc) is 3.15. The lowest BCUT2D eigenvalue weighted by atomic mass is 10.1. The van der Waals surface area contributed by atoms with E-state index in [4.69, 9.17) is 55.9 Å².